The smallest absolute Gasteiger partial charge is 0.179 e. The Morgan fingerprint density at radius 2 is 1.88 bits per heavy atom. The first kappa shape index (κ1) is 12.1. The number of nitrogens with two attached hydrogens (primary N) is 1. The fourth-order valence-corrected chi connectivity index (χ4v) is 2.12. The molecule has 17 heavy (non-hydrogen) atoms. The van der Waals surface area contributed by atoms with E-state index >= 15 is 0 Å². The molecule has 1 aliphatic heterocycles. The van der Waals surface area contributed by atoms with Crippen molar-refractivity contribution in [3.8, 4) is 0 Å². The molecule has 3 N–H and O–H groups in total. The normalized spacial score (nSPS) is 18.9. The Hall–Kier alpha value is -1.39. The summed E-state index contributed by atoms with van der Waals surface area (Å²) in [6.45, 7) is 5.76. The van der Waals surface area contributed by atoms with Crippen LogP contribution < -0.4 is 11.1 Å². The van der Waals surface area contributed by atoms with Crippen LogP contribution in [0.15, 0.2) is 24.3 Å². The number of nitrogens with one attached hydrogen (secondary N) is 1. The molecular formula is C13H19N3O. The summed E-state index contributed by atoms with van der Waals surface area (Å²) in [5.74, 6) is 0.173. The second kappa shape index (κ2) is 5.29. The maximum absolute atomic E-state index is 12.3. The van der Waals surface area contributed by atoms with Crippen molar-refractivity contribution >= 4 is 11.5 Å². The Kier molecular flexibility index (Phi) is 3.76. The second-order valence-corrected chi connectivity index (χ2v) is 4.45. The highest BCUT2D eigenvalue weighted by Crippen LogP contribution is 2.12. The lowest BCUT2D eigenvalue weighted by molar-refractivity contribution is 0.0820. The van der Waals surface area contributed by atoms with Gasteiger partial charge in [-0.05, 0) is 31.2 Å². The van der Waals surface area contributed by atoms with Gasteiger partial charge in [-0.3, -0.25) is 9.69 Å². The first-order valence-electron chi connectivity index (χ1n) is 6.03. The number of hydrogen-bond donors (Lipinski definition) is 2. The Morgan fingerprint density at radius 3 is 2.47 bits per heavy atom. The number of Topliss-reactive ketones (excluding diaryl/α,β-unsaturated/α-hetero) is 1. The third-order valence-corrected chi connectivity index (χ3v) is 3.27. The lowest BCUT2D eigenvalue weighted by Crippen LogP contribution is -2.50. The Balaban J connectivity index is 2.05. The van der Waals surface area contributed by atoms with Gasteiger partial charge in [0.05, 0.1) is 6.04 Å². The predicted octanol–water partition coefficient (Wildman–Crippen LogP) is 0.745. The van der Waals surface area contributed by atoms with Crippen LogP contribution in [0, 0.1) is 0 Å². The zero-order chi connectivity index (χ0) is 12.3. The highest BCUT2D eigenvalue weighted by Gasteiger charge is 2.23. The van der Waals surface area contributed by atoms with Gasteiger partial charge in [-0.25, -0.2) is 0 Å². The molecule has 0 bridgehead atoms. The minimum absolute atomic E-state index is 0.0549. The van der Waals surface area contributed by atoms with Crippen molar-refractivity contribution in [3.05, 3.63) is 29.8 Å². The zero-order valence-electron chi connectivity index (χ0n) is 10.1. The van der Waals surface area contributed by atoms with E-state index in [0.717, 1.165) is 31.7 Å². The predicted molar refractivity (Wildman–Crippen MR) is 69.1 cm³/mol. The summed E-state index contributed by atoms with van der Waals surface area (Å²) < 4.78 is 0. The van der Waals surface area contributed by atoms with E-state index in [1.165, 1.54) is 0 Å². The van der Waals surface area contributed by atoms with Crippen molar-refractivity contribution < 1.29 is 4.79 Å². The number of nitrogens with zero attached hydrogens (tertiary/aromatic N) is 1. The monoisotopic (exact) mass is 233 g/mol. The molecule has 2 rings (SSSR count). The molecule has 1 unspecified atom stereocenters. The van der Waals surface area contributed by atoms with Gasteiger partial charge >= 0.3 is 0 Å². The van der Waals surface area contributed by atoms with Crippen molar-refractivity contribution in [2.45, 2.75) is 13.0 Å². The van der Waals surface area contributed by atoms with Gasteiger partial charge in [0.2, 0.25) is 0 Å². The van der Waals surface area contributed by atoms with E-state index in [-0.39, 0.29) is 11.8 Å². The van der Waals surface area contributed by atoms with E-state index in [9.17, 15) is 4.79 Å². The summed E-state index contributed by atoms with van der Waals surface area (Å²) in [5, 5.41) is 3.29. The molecule has 0 spiro atoms. The van der Waals surface area contributed by atoms with E-state index in [1.54, 1.807) is 24.3 Å². The molecular weight excluding hydrogens is 214 g/mol. The first-order valence-corrected chi connectivity index (χ1v) is 6.03. The van der Waals surface area contributed by atoms with Gasteiger partial charge in [0.1, 0.15) is 0 Å². The number of benzene rings is 1. The summed E-state index contributed by atoms with van der Waals surface area (Å²) >= 11 is 0. The van der Waals surface area contributed by atoms with Gasteiger partial charge in [0.25, 0.3) is 0 Å². The van der Waals surface area contributed by atoms with E-state index in [2.05, 4.69) is 10.2 Å². The highest BCUT2D eigenvalue weighted by molar-refractivity contribution is 6.00. The van der Waals surface area contributed by atoms with Gasteiger partial charge < -0.3 is 11.1 Å². The molecule has 1 aromatic rings. The van der Waals surface area contributed by atoms with E-state index in [1.807, 2.05) is 6.92 Å². The van der Waals surface area contributed by atoms with Crippen molar-refractivity contribution in [2.24, 2.45) is 0 Å². The summed E-state index contributed by atoms with van der Waals surface area (Å²) in [4.78, 5) is 14.5. The molecule has 0 aliphatic carbocycles. The Labute approximate surface area is 102 Å². The molecule has 1 saturated heterocycles. The molecule has 4 nitrogen and oxygen atoms in total. The lowest BCUT2D eigenvalue weighted by atomic mass is 10.0. The number of piperazine rings is 1. The van der Waals surface area contributed by atoms with Crippen molar-refractivity contribution in [1.82, 2.24) is 10.2 Å². The minimum Gasteiger partial charge on any atom is -0.399 e. The average Bonchev–Trinajstić information content (AvgIpc) is 2.39. The third-order valence-electron chi connectivity index (χ3n) is 3.27. The Morgan fingerprint density at radius 1 is 1.29 bits per heavy atom. The second-order valence-electron chi connectivity index (χ2n) is 4.45. The maximum atomic E-state index is 12.3. The number of rotatable bonds is 3. The van der Waals surface area contributed by atoms with Crippen molar-refractivity contribution in [1.29, 1.82) is 0 Å². The third kappa shape index (κ3) is 2.84. The van der Waals surface area contributed by atoms with E-state index in [0.29, 0.717) is 5.69 Å². The van der Waals surface area contributed by atoms with Gasteiger partial charge in [0, 0.05) is 37.4 Å². The molecule has 1 heterocycles. The van der Waals surface area contributed by atoms with Crippen LogP contribution in [0.4, 0.5) is 5.69 Å². The summed E-state index contributed by atoms with van der Waals surface area (Å²) in [6, 6.07) is 7.10. The molecule has 0 saturated carbocycles. The summed E-state index contributed by atoms with van der Waals surface area (Å²) in [6.07, 6.45) is 0. The van der Waals surface area contributed by atoms with Gasteiger partial charge in [-0.1, -0.05) is 0 Å². The Bertz CT molecular complexity index is 382. The van der Waals surface area contributed by atoms with Crippen LogP contribution in [0.3, 0.4) is 0 Å². The average molecular weight is 233 g/mol. The number of carbonyl (C=O) groups is 1. The van der Waals surface area contributed by atoms with E-state index < -0.39 is 0 Å². The van der Waals surface area contributed by atoms with Crippen molar-refractivity contribution in [2.75, 3.05) is 31.9 Å². The molecule has 1 aliphatic rings. The lowest BCUT2D eigenvalue weighted by Gasteiger charge is -2.31. The fraction of sp³-hybridized carbons (Fsp3) is 0.462. The van der Waals surface area contributed by atoms with Crippen LogP contribution in [0.2, 0.25) is 0 Å². The summed E-state index contributed by atoms with van der Waals surface area (Å²) in [5.41, 5.74) is 7.05. The number of nitrogen functional groups attached to an aromatic ring is 1. The van der Waals surface area contributed by atoms with Gasteiger partial charge in [-0.15, -0.1) is 0 Å². The molecule has 4 heteroatoms. The molecule has 0 aromatic heterocycles. The van der Waals surface area contributed by atoms with Crippen LogP contribution in [-0.4, -0.2) is 42.9 Å². The number of anilines is 1. The maximum Gasteiger partial charge on any atom is 0.179 e. The number of hydrogen-bond acceptors (Lipinski definition) is 4. The van der Waals surface area contributed by atoms with Crippen LogP contribution in [0.1, 0.15) is 17.3 Å². The quantitative estimate of drug-likeness (QED) is 0.597. The number of carbonyl (C=O) groups excluding carboxylic acids is 1. The minimum atomic E-state index is -0.0549. The zero-order valence-corrected chi connectivity index (χ0v) is 10.1. The van der Waals surface area contributed by atoms with E-state index in [4.69, 9.17) is 5.73 Å². The van der Waals surface area contributed by atoms with Crippen LogP contribution in [0.5, 0.6) is 0 Å². The van der Waals surface area contributed by atoms with Gasteiger partial charge in [-0.2, -0.15) is 0 Å². The molecule has 1 fully saturated rings. The van der Waals surface area contributed by atoms with Crippen LogP contribution >= 0.6 is 0 Å². The first-order chi connectivity index (χ1) is 8.18. The largest absolute Gasteiger partial charge is 0.399 e. The molecule has 0 amide bonds. The summed E-state index contributed by atoms with van der Waals surface area (Å²) in [7, 11) is 0. The highest BCUT2D eigenvalue weighted by atomic mass is 16.1. The number of ketones is 1. The van der Waals surface area contributed by atoms with Crippen LogP contribution in [-0.2, 0) is 0 Å². The molecule has 92 valence electrons. The molecule has 1 atom stereocenters. The standard InChI is InChI=1S/C13H19N3O/c1-10(16-8-6-15-7-9-16)13(17)11-2-4-12(14)5-3-11/h2-5,10,15H,6-9,14H2,1H3. The SMILES string of the molecule is CC(C(=O)c1ccc(N)cc1)N1CCNCC1. The van der Waals surface area contributed by atoms with Gasteiger partial charge in [0.15, 0.2) is 5.78 Å². The molecule has 1 aromatic carbocycles. The molecule has 0 radical (unpaired) electrons. The van der Waals surface area contributed by atoms with Crippen LogP contribution in [0.25, 0.3) is 0 Å². The topological polar surface area (TPSA) is 58.4 Å². The van der Waals surface area contributed by atoms with Crippen molar-refractivity contribution in [3.63, 3.8) is 0 Å². The fourth-order valence-electron chi connectivity index (χ4n) is 2.12.